The van der Waals surface area contributed by atoms with Crippen molar-refractivity contribution in [2.24, 2.45) is 0 Å². The Hall–Kier alpha value is -9.12. The highest BCUT2D eigenvalue weighted by molar-refractivity contribution is 6.28. The van der Waals surface area contributed by atoms with Crippen LogP contribution in [0.15, 0.2) is 243 Å². The molecule has 4 nitrogen and oxygen atoms in total. The monoisotopic (exact) mass is 906 g/mol. The van der Waals surface area contributed by atoms with Gasteiger partial charge in [-0.3, -0.25) is 0 Å². The van der Waals surface area contributed by atoms with Gasteiger partial charge in [0.25, 0.3) is 0 Å². The van der Waals surface area contributed by atoms with Crippen molar-refractivity contribution in [2.75, 3.05) is 9.80 Å². The molecule has 12 aromatic carbocycles. The third-order valence-electron chi connectivity index (χ3n) is 15.6. The normalized spacial score (nSPS) is 13.0. The van der Waals surface area contributed by atoms with Gasteiger partial charge in [-0.05, 0) is 142 Å². The van der Waals surface area contributed by atoms with E-state index in [9.17, 15) is 0 Å². The van der Waals surface area contributed by atoms with Crippen molar-refractivity contribution in [1.29, 1.82) is 0 Å². The topological polar surface area (TPSA) is 16.3 Å². The van der Waals surface area contributed by atoms with Gasteiger partial charge in [0.05, 0.1) is 33.4 Å². The number of anilines is 6. The third-order valence-corrected chi connectivity index (χ3v) is 15.6. The Kier molecular flexibility index (Phi) is 8.38. The second kappa shape index (κ2) is 14.9. The van der Waals surface area contributed by atoms with Crippen molar-refractivity contribution in [3.8, 4) is 22.5 Å². The lowest BCUT2D eigenvalue weighted by Gasteiger charge is -2.28. The largest absolute Gasteiger partial charge is 0.310 e. The predicted octanol–water partition coefficient (Wildman–Crippen LogP) is 18.3. The molecule has 0 aliphatic heterocycles. The zero-order chi connectivity index (χ0) is 47.0. The standard InChI is InChI=1S/C67H46N4/c1-67(2)55-35-31-49(68(45-19-7-3-8-20-45)57-37-39-61-65-51(57)33-29-43-17-15-27-59(63(43)65)70(61)47-23-11-5-12-24-47)41-53(55)54-42-50(32-36-56(54)67)69(46-21-9-4-10-22-46)58-38-40-62-66-52(58)34-30-44-18-16-28-60(64(44)66)71(62)48-25-13-6-14-26-48/h3-42H,1-2H3. The van der Waals surface area contributed by atoms with E-state index in [0.717, 1.165) is 45.5 Å². The first kappa shape index (κ1) is 39.8. The molecule has 71 heavy (non-hydrogen) atoms. The second-order valence-corrected chi connectivity index (χ2v) is 19.7. The molecule has 0 amide bonds. The van der Waals surface area contributed by atoms with Gasteiger partial charge < -0.3 is 18.9 Å². The highest BCUT2D eigenvalue weighted by atomic mass is 15.2. The molecule has 0 spiro atoms. The molecule has 0 radical (unpaired) electrons. The fraction of sp³-hybridized carbons (Fsp3) is 0.0448. The maximum Gasteiger partial charge on any atom is 0.0548 e. The number of fused-ring (bicyclic) bond motifs is 3. The number of para-hydroxylation sites is 4. The molecule has 14 aromatic rings. The van der Waals surface area contributed by atoms with Crippen molar-refractivity contribution in [3.63, 3.8) is 0 Å². The Balaban J connectivity index is 0.924. The summed E-state index contributed by atoms with van der Waals surface area (Å²) < 4.78 is 4.85. The Morgan fingerprint density at radius 3 is 1.13 bits per heavy atom. The van der Waals surface area contributed by atoms with Gasteiger partial charge in [-0.2, -0.15) is 0 Å². The molecule has 2 heterocycles. The van der Waals surface area contributed by atoms with Gasteiger partial charge in [-0.1, -0.05) is 147 Å². The van der Waals surface area contributed by atoms with Gasteiger partial charge in [0.2, 0.25) is 0 Å². The summed E-state index contributed by atoms with van der Waals surface area (Å²) in [6.07, 6.45) is 0. The van der Waals surface area contributed by atoms with Crippen molar-refractivity contribution >= 4 is 99.3 Å². The molecule has 0 saturated carbocycles. The number of hydrogen-bond donors (Lipinski definition) is 0. The Labute approximate surface area is 411 Å². The van der Waals surface area contributed by atoms with Crippen LogP contribution in [-0.4, -0.2) is 9.13 Å². The molecule has 1 aliphatic carbocycles. The van der Waals surface area contributed by atoms with Crippen LogP contribution in [0.4, 0.5) is 34.1 Å². The maximum absolute atomic E-state index is 2.47. The summed E-state index contributed by atoms with van der Waals surface area (Å²) in [7, 11) is 0. The van der Waals surface area contributed by atoms with E-state index in [0.29, 0.717) is 0 Å². The van der Waals surface area contributed by atoms with E-state index in [-0.39, 0.29) is 5.41 Å². The first-order valence-electron chi connectivity index (χ1n) is 24.7. The van der Waals surface area contributed by atoms with Crippen LogP contribution >= 0.6 is 0 Å². The molecule has 0 N–H and O–H groups in total. The van der Waals surface area contributed by atoms with E-state index in [1.165, 1.54) is 87.4 Å². The lowest BCUT2D eigenvalue weighted by atomic mass is 9.82. The van der Waals surface area contributed by atoms with E-state index in [2.05, 4.69) is 275 Å². The van der Waals surface area contributed by atoms with Crippen LogP contribution in [0.1, 0.15) is 25.0 Å². The summed E-state index contributed by atoms with van der Waals surface area (Å²) >= 11 is 0. The van der Waals surface area contributed by atoms with E-state index >= 15 is 0 Å². The van der Waals surface area contributed by atoms with Crippen LogP contribution in [0.2, 0.25) is 0 Å². The first-order valence-corrected chi connectivity index (χ1v) is 24.7. The molecule has 0 unspecified atom stereocenters. The van der Waals surface area contributed by atoms with Crippen molar-refractivity contribution in [2.45, 2.75) is 19.3 Å². The fourth-order valence-corrected chi connectivity index (χ4v) is 12.5. The molecule has 0 bridgehead atoms. The zero-order valence-corrected chi connectivity index (χ0v) is 39.4. The second-order valence-electron chi connectivity index (χ2n) is 19.7. The van der Waals surface area contributed by atoms with Gasteiger partial charge in [0.1, 0.15) is 0 Å². The fourth-order valence-electron chi connectivity index (χ4n) is 12.5. The van der Waals surface area contributed by atoms with Crippen LogP contribution in [-0.2, 0) is 5.41 Å². The lowest BCUT2D eigenvalue weighted by Crippen LogP contribution is -2.16. The lowest BCUT2D eigenvalue weighted by molar-refractivity contribution is 0.660. The van der Waals surface area contributed by atoms with Crippen LogP contribution in [0, 0.1) is 0 Å². The summed E-state index contributed by atoms with van der Waals surface area (Å²) in [5.41, 5.74) is 18.9. The summed E-state index contributed by atoms with van der Waals surface area (Å²) in [5, 5.41) is 10.1. The number of aromatic nitrogens is 2. The number of rotatable bonds is 8. The van der Waals surface area contributed by atoms with E-state index in [1.54, 1.807) is 0 Å². The minimum Gasteiger partial charge on any atom is -0.310 e. The Morgan fingerprint density at radius 2 is 0.704 bits per heavy atom. The number of nitrogens with zero attached hydrogens (tertiary/aromatic N) is 4. The first-order chi connectivity index (χ1) is 35.0. The van der Waals surface area contributed by atoms with Crippen LogP contribution in [0.5, 0.6) is 0 Å². The highest BCUT2D eigenvalue weighted by Gasteiger charge is 2.37. The molecule has 1 aliphatic rings. The van der Waals surface area contributed by atoms with Gasteiger partial charge in [-0.15, -0.1) is 0 Å². The van der Waals surface area contributed by atoms with Crippen LogP contribution < -0.4 is 9.80 Å². The molecule has 334 valence electrons. The average molecular weight is 907 g/mol. The van der Waals surface area contributed by atoms with E-state index in [1.807, 2.05) is 0 Å². The SMILES string of the molecule is CC1(C)c2ccc(N(c3ccccc3)c3ccc4c5c3ccc3cccc(c35)n4-c3ccccc3)cc2-c2cc(N(c3ccccc3)c3ccc4c5c3ccc3cccc(c35)n4-c3ccccc3)ccc21. The van der Waals surface area contributed by atoms with Crippen molar-refractivity contribution in [3.05, 3.63) is 254 Å². The quantitative estimate of drug-likeness (QED) is 0.141. The van der Waals surface area contributed by atoms with Gasteiger partial charge in [-0.25, -0.2) is 0 Å². The molecule has 0 saturated heterocycles. The van der Waals surface area contributed by atoms with Crippen molar-refractivity contribution in [1.82, 2.24) is 9.13 Å². The van der Waals surface area contributed by atoms with Crippen molar-refractivity contribution < 1.29 is 0 Å². The summed E-state index contributed by atoms with van der Waals surface area (Å²) in [6.45, 7) is 4.76. The molecule has 4 heteroatoms. The Morgan fingerprint density at radius 1 is 0.310 bits per heavy atom. The third kappa shape index (κ3) is 5.67. The summed E-state index contributed by atoms with van der Waals surface area (Å²) in [4.78, 5) is 4.94. The minimum absolute atomic E-state index is 0.205. The summed E-state index contributed by atoms with van der Waals surface area (Å²) in [6, 6.07) is 89.6. The maximum atomic E-state index is 2.47. The van der Waals surface area contributed by atoms with Gasteiger partial charge >= 0.3 is 0 Å². The number of benzene rings is 12. The van der Waals surface area contributed by atoms with Gasteiger partial charge in [0.15, 0.2) is 0 Å². The summed E-state index contributed by atoms with van der Waals surface area (Å²) in [5.74, 6) is 0. The molecular formula is C67H46N4. The molecule has 2 aromatic heterocycles. The molecule has 0 atom stereocenters. The average Bonchev–Trinajstić information content (AvgIpc) is 4.03. The molecular weight excluding hydrogens is 861 g/mol. The smallest absolute Gasteiger partial charge is 0.0548 e. The minimum atomic E-state index is -0.205. The predicted molar refractivity (Wildman–Crippen MR) is 299 cm³/mol. The number of hydrogen-bond acceptors (Lipinski definition) is 2. The zero-order valence-electron chi connectivity index (χ0n) is 39.4. The Bertz CT molecular complexity index is 4080. The molecule has 0 fully saturated rings. The van der Waals surface area contributed by atoms with Crippen LogP contribution in [0.3, 0.4) is 0 Å². The van der Waals surface area contributed by atoms with E-state index in [4.69, 9.17) is 0 Å². The van der Waals surface area contributed by atoms with Gasteiger partial charge in [0, 0.05) is 71.9 Å². The van der Waals surface area contributed by atoms with E-state index < -0.39 is 0 Å². The van der Waals surface area contributed by atoms with Crippen LogP contribution in [0.25, 0.3) is 87.7 Å². The molecule has 15 rings (SSSR count). The highest BCUT2D eigenvalue weighted by Crippen LogP contribution is 2.54.